The molecule has 2 aromatic heterocycles. The molecule has 5 nitrogen and oxygen atoms in total. The predicted octanol–water partition coefficient (Wildman–Crippen LogP) is 4.85. The van der Waals surface area contributed by atoms with Gasteiger partial charge in [-0.25, -0.2) is 0 Å². The first kappa shape index (κ1) is 21.1. The summed E-state index contributed by atoms with van der Waals surface area (Å²) in [5, 5.41) is 7.99. The minimum absolute atomic E-state index is 0.0397. The third-order valence-corrected chi connectivity index (χ3v) is 6.28. The van der Waals surface area contributed by atoms with E-state index in [0.29, 0.717) is 19.5 Å². The van der Waals surface area contributed by atoms with Gasteiger partial charge in [0.2, 0.25) is 5.91 Å². The second-order valence-electron chi connectivity index (χ2n) is 8.53. The van der Waals surface area contributed by atoms with Gasteiger partial charge >= 0.3 is 0 Å². The monoisotopic (exact) mass is 436 g/mol. The van der Waals surface area contributed by atoms with Crippen LogP contribution in [0.3, 0.4) is 0 Å². The van der Waals surface area contributed by atoms with Gasteiger partial charge in [0, 0.05) is 35.8 Å². The van der Waals surface area contributed by atoms with Crippen LogP contribution in [0.1, 0.15) is 29.7 Å². The Morgan fingerprint density at radius 3 is 2.36 bits per heavy atom. The molecule has 0 bridgehead atoms. The Labute approximate surface area is 194 Å². The first-order valence-electron chi connectivity index (χ1n) is 11.7. The number of pyridine rings is 1. The lowest BCUT2D eigenvalue weighted by Crippen LogP contribution is -2.29. The molecule has 2 aromatic carbocycles. The van der Waals surface area contributed by atoms with E-state index in [2.05, 4.69) is 39.2 Å². The van der Waals surface area contributed by atoms with E-state index in [1.165, 1.54) is 29.7 Å². The smallest absolute Gasteiger partial charge is 0.224 e. The summed E-state index contributed by atoms with van der Waals surface area (Å²) in [5.41, 5.74) is 8.22. The molecule has 4 aromatic rings. The number of carbonyl (C=O) groups excluding carboxylic acids is 1. The summed E-state index contributed by atoms with van der Waals surface area (Å²) >= 11 is 0. The van der Waals surface area contributed by atoms with Crippen molar-refractivity contribution in [1.82, 2.24) is 20.1 Å². The zero-order chi connectivity index (χ0) is 22.5. The van der Waals surface area contributed by atoms with E-state index in [1.807, 2.05) is 54.9 Å². The molecule has 2 heterocycles. The van der Waals surface area contributed by atoms with Crippen LogP contribution in [0.25, 0.3) is 22.4 Å². The fraction of sp³-hybridized carbons (Fsp3) is 0.250. The maximum absolute atomic E-state index is 12.5. The van der Waals surface area contributed by atoms with Gasteiger partial charge < -0.3 is 5.32 Å². The molecule has 0 unspecified atom stereocenters. The minimum Gasteiger partial charge on any atom is -0.354 e. The Morgan fingerprint density at radius 2 is 1.58 bits per heavy atom. The van der Waals surface area contributed by atoms with Gasteiger partial charge in [-0.1, -0.05) is 54.6 Å². The number of aromatic nitrogens is 3. The highest BCUT2D eigenvalue weighted by Crippen LogP contribution is 2.30. The molecule has 0 aliphatic heterocycles. The topological polar surface area (TPSA) is 59.8 Å². The van der Waals surface area contributed by atoms with Crippen molar-refractivity contribution in [2.24, 2.45) is 0 Å². The van der Waals surface area contributed by atoms with Crippen molar-refractivity contribution in [2.45, 2.75) is 38.6 Å². The summed E-state index contributed by atoms with van der Waals surface area (Å²) in [6, 6.07) is 22.5. The summed E-state index contributed by atoms with van der Waals surface area (Å²) in [6.45, 7) is 1.26. The fourth-order valence-electron chi connectivity index (χ4n) is 4.59. The van der Waals surface area contributed by atoms with Crippen LogP contribution >= 0.6 is 0 Å². The zero-order valence-electron chi connectivity index (χ0n) is 18.7. The average Bonchev–Trinajstić information content (AvgIpc) is 3.24. The Bertz CT molecular complexity index is 1210. The predicted molar refractivity (Wildman–Crippen MR) is 131 cm³/mol. The van der Waals surface area contributed by atoms with Crippen molar-refractivity contribution in [3.8, 4) is 22.4 Å². The van der Waals surface area contributed by atoms with E-state index in [4.69, 9.17) is 5.10 Å². The molecule has 0 radical (unpaired) electrons. The second kappa shape index (κ2) is 9.82. The van der Waals surface area contributed by atoms with E-state index in [-0.39, 0.29) is 5.91 Å². The molecule has 1 aliphatic carbocycles. The van der Waals surface area contributed by atoms with Crippen LogP contribution in [0.2, 0.25) is 0 Å². The van der Waals surface area contributed by atoms with E-state index in [9.17, 15) is 4.79 Å². The molecule has 0 saturated carbocycles. The second-order valence-corrected chi connectivity index (χ2v) is 8.53. The van der Waals surface area contributed by atoms with Gasteiger partial charge in [-0.05, 0) is 54.5 Å². The van der Waals surface area contributed by atoms with Crippen LogP contribution < -0.4 is 5.32 Å². The van der Waals surface area contributed by atoms with Crippen molar-refractivity contribution < 1.29 is 4.79 Å². The standard InChI is InChI=1S/C28H28N4O/c33-27(20-21-10-12-23(13-11-21)22-6-2-1-3-7-22)30-18-19-32-26-9-5-4-8-25(26)28(31-32)24-14-16-29-17-15-24/h1-3,6-7,10-17H,4-5,8-9,18-20H2,(H,30,33). The maximum Gasteiger partial charge on any atom is 0.224 e. The van der Waals surface area contributed by atoms with Gasteiger partial charge in [0.25, 0.3) is 0 Å². The highest BCUT2D eigenvalue weighted by Gasteiger charge is 2.21. The third kappa shape index (κ3) is 4.87. The fourth-order valence-corrected chi connectivity index (χ4v) is 4.59. The van der Waals surface area contributed by atoms with Crippen molar-refractivity contribution in [3.05, 3.63) is 95.9 Å². The Balaban J connectivity index is 1.20. The Hall–Kier alpha value is -3.73. The lowest BCUT2D eigenvalue weighted by Gasteiger charge is -2.14. The Kier molecular flexibility index (Phi) is 6.29. The largest absolute Gasteiger partial charge is 0.354 e. The van der Waals surface area contributed by atoms with Crippen LogP contribution in [-0.2, 0) is 30.6 Å². The van der Waals surface area contributed by atoms with Crippen molar-refractivity contribution in [1.29, 1.82) is 0 Å². The normalized spacial score (nSPS) is 12.8. The molecule has 33 heavy (non-hydrogen) atoms. The lowest BCUT2D eigenvalue weighted by atomic mass is 9.94. The number of rotatable bonds is 7. The molecule has 1 amide bonds. The van der Waals surface area contributed by atoms with Crippen LogP contribution in [0.4, 0.5) is 0 Å². The molecule has 1 N–H and O–H groups in total. The van der Waals surface area contributed by atoms with Crippen LogP contribution in [-0.4, -0.2) is 27.2 Å². The van der Waals surface area contributed by atoms with E-state index in [0.717, 1.165) is 35.2 Å². The van der Waals surface area contributed by atoms with Crippen LogP contribution in [0.5, 0.6) is 0 Å². The van der Waals surface area contributed by atoms with Crippen LogP contribution in [0, 0.1) is 0 Å². The summed E-state index contributed by atoms with van der Waals surface area (Å²) in [7, 11) is 0. The number of nitrogens with one attached hydrogen (secondary N) is 1. The summed E-state index contributed by atoms with van der Waals surface area (Å²) in [6.07, 6.45) is 8.53. The van der Waals surface area contributed by atoms with Gasteiger partial charge in [0.1, 0.15) is 0 Å². The average molecular weight is 437 g/mol. The van der Waals surface area contributed by atoms with Gasteiger partial charge in [-0.2, -0.15) is 5.10 Å². The summed E-state index contributed by atoms with van der Waals surface area (Å²) in [5.74, 6) is 0.0397. The number of amides is 1. The van der Waals surface area contributed by atoms with Gasteiger partial charge in [0.05, 0.1) is 18.7 Å². The quantitative estimate of drug-likeness (QED) is 0.451. The first-order chi connectivity index (χ1) is 16.3. The van der Waals surface area contributed by atoms with E-state index in [1.54, 1.807) is 0 Å². The molecule has 166 valence electrons. The highest BCUT2D eigenvalue weighted by atomic mass is 16.1. The van der Waals surface area contributed by atoms with Crippen LogP contribution in [0.15, 0.2) is 79.1 Å². The zero-order valence-corrected chi connectivity index (χ0v) is 18.7. The molecule has 5 rings (SSSR count). The summed E-state index contributed by atoms with van der Waals surface area (Å²) in [4.78, 5) is 16.7. The van der Waals surface area contributed by atoms with Gasteiger partial charge in [0.15, 0.2) is 0 Å². The first-order valence-corrected chi connectivity index (χ1v) is 11.7. The lowest BCUT2D eigenvalue weighted by molar-refractivity contribution is -0.120. The number of carbonyl (C=O) groups is 1. The molecule has 1 aliphatic rings. The molecule has 5 heteroatoms. The molecule has 0 atom stereocenters. The highest BCUT2D eigenvalue weighted by molar-refractivity contribution is 5.78. The van der Waals surface area contributed by atoms with Crippen molar-refractivity contribution >= 4 is 5.91 Å². The molecule has 0 spiro atoms. The minimum atomic E-state index is 0.0397. The van der Waals surface area contributed by atoms with Crippen molar-refractivity contribution in [3.63, 3.8) is 0 Å². The SMILES string of the molecule is O=C(Cc1ccc(-c2ccccc2)cc1)NCCn1nc(-c2ccncc2)c2c1CCCC2. The molecular weight excluding hydrogens is 408 g/mol. The van der Waals surface area contributed by atoms with E-state index < -0.39 is 0 Å². The third-order valence-electron chi connectivity index (χ3n) is 6.28. The molecular formula is C28H28N4O. The van der Waals surface area contributed by atoms with Gasteiger partial charge in [-0.15, -0.1) is 0 Å². The number of hydrogen-bond donors (Lipinski definition) is 1. The van der Waals surface area contributed by atoms with Crippen molar-refractivity contribution in [2.75, 3.05) is 6.54 Å². The number of hydrogen-bond acceptors (Lipinski definition) is 3. The number of benzene rings is 2. The number of fused-ring (bicyclic) bond motifs is 1. The summed E-state index contributed by atoms with van der Waals surface area (Å²) < 4.78 is 2.10. The van der Waals surface area contributed by atoms with E-state index >= 15 is 0 Å². The Morgan fingerprint density at radius 1 is 0.848 bits per heavy atom. The molecule has 0 fully saturated rings. The molecule has 0 saturated heterocycles. The maximum atomic E-state index is 12.5. The van der Waals surface area contributed by atoms with Gasteiger partial charge in [-0.3, -0.25) is 14.5 Å². The number of nitrogens with zero attached hydrogens (tertiary/aromatic N) is 3.